The average Bonchev–Trinajstić information content (AvgIpc) is 2.50. The number of hydrogen-bond acceptors (Lipinski definition) is 3. The van der Waals surface area contributed by atoms with Crippen molar-refractivity contribution in [3.05, 3.63) is 0 Å². The van der Waals surface area contributed by atoms with Gasteiger partial charge >= 0.3 is 12.0 Å². The zero-order valence-electron chi connectivity index (χ0n) is 12.7. The van der Waals surface area contributed by atoms with Crippen LogP contribution in [0.3, 0.4) is 0 Å². The highest BCUT2D eigenvalue weighted by Crippen LogP contribution is 2.35. The molecule has 1 heterocycles. The highest BCUT2D eigenvalue weighted by atomic mass is 32.2. The van der Waals surface area contributed by atoms with Crippen LogP contribution in [0.15, 0.2) is 0 Å². The summed E-state index contributed by atoms with van der Waals surface area (Å²) in [4.78, 5) is 25.6. The molecule has 0 spiro atoms. The average molecular weight is 314 g/mol. The van der Waals surface area contributed by atoms with Gasteiger partial charge in [-0.25, -0.2) is 9.59 Å². The first-order valence-electron chi connectivity index (χ1n) is 7.92. The standard InChI is InChI=1S/C15H26N2O3S/c1-21-10-8-12(14(18)19)16-15(20)17-9-4-6-11-5-2-3-7-13(11)17/h11-13H,2-10H2,1H3,(H,16,20)(H,18,19)/t11?,12-,13?/m1/s1. The predicted molar refractivity (Wildman–Crippen MR) is 84.6 cm³/mol. The van der Waals surface area contributed by atoms with Crippen LogP contribution in [0.5, 0.6) is 0 Å². The van der Waals surface area contributed by atoms with Gasteiger partial charge in [-0.15, -0.1) is 0 Å². The van der Waals surface area contributed by atoms with Gasteiger partial charge in [0, 0.05) is 12.6 Å². The molecule has 6 heteroatoms. The molecule has 5 nitrogen and oxygen atoms in total. The number of amides is 2. The minimum absolute atomic E-state index is 0.180. The second kappa shape index (κ2) is 7.92. The first kappa shape index (κ1) is 16.5. The van der Waals surface area contributed by atoms with Crippen molar-refractivity contribution in [1.29, 1.82) is 0 Å². The zero-order valence-corrected chi connectivity index (χ0v) is 13.5. The maximum absolute atomic E-state index is 12.5. The van der Waals surface area contributed by atoms with Crippen LogP contribution < -0.4 is 5.32 Å². The van der Waals surface area contributed by atoms with Crippen LogP contribution in [-0.2, 0) is 4.79 Å². The molecule has 1 aliphatic heterocycles. The molecule has 21 heavy (non-hydrogen) atoms. The van der Waals surface area contributed by atoms with Crippen molar-refractivity contribution in [3.63, 3.8) is 0 Å². The summed E-state index contributed by atoms with van der Waals surface area (Å²) in [5.74, 6) is 0.422. The number of thioether (sulfide) groups is 1. The number of carboxylic acids is 1. The van der Waals surface area contributed by atoms with Gasteiger partial charge in [-0.05, 0) is 50.0 Å². The number of fused-ring (bicyclic) bond motifs is 1. The number of likely N-dealkylation sites (tertiary alicyclic amines) is 1. The van der Waals surface area contributed by atoms with Crippen LogP contribution in [0.4, 0.5) is 4.79 Å². The van der Waals surface area contributed by atoms with Gasteiger partial charge in [-0.1, -0.05) is 12.8 Å². The van der Waals surface area contributed by atoms with Gasteiger partial charge in [0.15, 0.2) is 0 Å². The van der Waals surface area contributed by atoms with Crippen molar-refractivity contribution >= 4 is 23.8 Å². The Morgan fingerprint density at radius 2 is 2.00 bits per heavy atom. The first-order valence-corrected chi connectivity index (χ1v) is 9.31. The van der Waals surface area contributed by atoms with Crippen molar-refractivity contribution in [2.24, 2.45) is 5.92 Å². The lowest BCUT2D eigenvalue weighted by molar-refractivity contribution is -0.139. The molecule has 2 rings (SSSR count). The van der Waals surface area contributed by atoms with Crippen LogP contribution in [0, 0.1) is 5.92 Å². The molecule has 1 saturated carbocycles. The lowest BCUT2D eigenvalue weighted by Gasteiger charge is -2.44. The number of hydrogen-bond donors (Lipinski definition) is 2. The Labute approximate surface area is 130 Å². The lowest BCUT2D eigenvalue weighted by Crippen LogP contribution is -2.56. The van der Waals surface area contributed by atoms with E-state index in [1.54, 1.807) is 11.8 Å². The van der Waals surface area contributed by atoms with Crippen molar-refractivity contribution in [2.45, 2.75) is 57.0 Å². The summed E-state index contributed by atoms with van der Waals surface area (Å²) >= 11 is 1.60. The summed E-state index contributed by atoms with van der Waals surface area (Å²) in [6, 6.07) is -0.628. The van der Waals surface area contributed by atoms with Crippen molar-refractivity contribution in [1.82, 2.24) is 10.2 Å². The fourth-order valence-corrected chi connectivity index (χ4v) is 4.07. The Morgan fingerprint density at radius 3 is 2.71 bits per heavy atom. The summed E-state index contributed by atoms with van der Waals surface area (Å²) in [5, 5.41) is 12.0. The predicted octanol–water partition coefficient (Wildman–Crippen LogP) is 2.56. The molecule has 0 aromatic carbocycles. The molecule has 0 bridgehead atoms. The van der Waals surface area contributed by atoms with Crippen molar-refractivity contribution < 1.29 is 14.7 Å². The Morgan fingerprint density at radius 1 is 1.29 bits per heavy atom. The summed E-state index contributed by atoms with van der Waals surface area (Å²) in [6.45, 7) is 0.766. The quantitative estimate of drug-likeness (QED) is 0.818. The van der Waals surface area contributed by atoms with E-state index < -0.39 is 12.0 Å². The van der Waals surface area contributed by atoms with Gasteiger partial charge < -0.3 is 15.3 Å². The number of piperidine rings is 1. The van der Waals surface area contributed by atoms with E-state index in [0.29, 0.717) is 18.4 Å². The summed E-state index contributed by atoms with van der Waals surface area (Å²) in [6.07, 6.45) is 9.40. The van der Waals surface area contributed by atoms with E-state index in [2.05, 4.69) is 5.32 Å². The van der Waals surface area contributed by atoms with E-state index in [0.717, 1.165) is 25.1 Å². The molecule has 120 valence electrons. The van der Waals surface area contributed by atoms with E-state index >= 15 is 0 Å². The lowest BCUT2D eigenvalue weighted by atomic mass is 9.78. The summed E-state index contributed by atoms with van der Waals surface area (Å²) < 4.78 is 0. The molecule has 2 N–H and O–H groups in total. The van der Waals surface area contributed by atoms with Gasteiger partial charge in [-0.3, -0.25) is 0 Å². The number of nitrogens with zero attached hydrogens (tertiary/aromatic N) is 1. The van der Waals surface area contributed by atoms with Crippen LogP contribution in [-0.4, -0.2) is 52.6 Å². The molecule has 2 amide bonds. The van der Waals surface area contributed by atoms with Gasteiger partial charge in [0.25, 0.3) is 0 Å². The third-order valence-corrected chi connectivity index (χ3v) is 5.35. The number of nitrogens with one attached hydrogen (secondary N) is 1. The number of urea groups is 1. The number of rotatable bonds is 5. The zero-order chi connectivity index (χ0) is 15.2. The molecule has 0 aromatic rings. The number of aliphatic carboxylic acids is 1. The molecule has 3 atom stereocenters. The summed E-state index contributed by atoms with van der Waals surface area (Å²) in [7, 11) is 0. The third-order valence-electron chi connectivity index (χ3n) is 4.71. The van der Waals surface area contributed by atoms with E-state index in [9.17, 15) is 14.7 Å². The smallest absolute Gasteiger partial charge is 0.326 e. The van der Waals surface area contributed by atoms with Gasteiger partial charge in [0.2, 0.25) is 0 Å². The molecule has 2 aliphatic rings. The van der Waals surface area contributed by atoms with E-state index in [1.807, 2.05) is 11.2 Å². The number of carbonyl (C=O) groups excluding carboxylic acids is 1. The van der Waals surface area contributed by atoms with Crippen molar-refractivity contribution in [3.8, 4) is 0 Å². The molecule has 1 saturated heterocycles. The Kier molecular flexibility index (Phi) is 6.21. The van der Waals surface area contributed by atoms with Crippen LogP contribution in [0.1, 0.15) is 44.9 Å². The van der Waals surface area contributed by atoms with E-state index in [-0.39, 0.29) is 6.03 Å². The Balaban J connectivity index is 1.95. The minimum atomic E-state index is -0.936. The van der Waals surface area contributed by atoms with E-state index in [4.69, 9.17) is 0 Å². The van der Waals surface area contributed by atoms with Gasteiger partial charge in [0.1, 0.15) is 6.04 Å². The topological polar surface area (TPSA) is 69.6 Å². The van der Waals surface area contributed by atoms with Crippen LogP contribution >= 0.6 is 11.8 Å². The number of carboxylic acid groups (broad SMARTS) is 1. The van der Waals surface area contributed by atoms with E-state index in [1.165, 1.54) is 25.7 Å². The SMILES string of the molecule is CSCC[C@@H](NC(=O)N1CCCC2CCCCC21)C(=O)O. The second-order valence-electron chi connectivity index (χ2n) is 6.07. The van der Waals surface area contributed by atoms with Crippen LogP contribution in [0.2, 0.25) is 0 Å². The van der Waals surface area contributed by atoms with Gasteiger partial charge in [0.05, 0.1) is 0 Å². The van der Waals surface area contributed by atoms with Crippen LogP contribution in [0.25, 0.3) is 0 Å². The molecule has 0 aromatic heterocycles. The largest absolute Gasteiger partial charge is 0.480 e. The van der Waals surface area contributed by atoms with Gasteiger partial charge in [-0.2, -0.15) is 11.8 Å². The Bertz CT molecular complexity index is 376. The monoisotopic (exact) mass is 314 g/mol. The van der Waals surface area contributed by atoms with Crippen molar-refractivity contribution in [2.75, 3.05) is 18.6 Å². The molecule has 2 unspecified atom stereocenters. The molecular formula is C15H26N2O3S. The highest BCUT2D eigenvalue weighted by Gasteiger charge is 2.36. The second-order valence-corrected chi connectivity index (χ2v) is 7.05. The first-order chi connectivity index (χ1) is 10.1. The normalized spacial score (nSPS) is 26.8. The number of carbonyl (C=O) groups is 2. The summed E-state index contributed by atoms with van der Waals surface area (Å²) in [5.41, 5.74) is 0. The molecule has 1 aliphatic carbocycles. The fourth-order valence-electron chi connectivity index (χ4n) is 3.60. The molecular weight excluding hydrogens is 288 g/mol. The maximum atomic E-state index is 12.5. The fraction of sp³-hybridized carbons (Fsp3) is 0.867. The maximum Gasteiger partial charge on any atom is 0.326 e. The molecule has 2 fully saturated rings. The Hall–Kier alpha value is -0.910. The minimum Gasteiger partial charge on any atom is -0.480 e. The molecule has 0 radical (unpaired) electrons. The third kappa shape index (κ3) is 4.28. The highest BCUT2D eigenvalue weighted by molar-refractivity contribution is 7.98.